The Morgan fingerprint density at radius 1 is 0.818 bits per heavy atom. The monoisotopic (exact) mass is 459 g/mol. The second-order valence-corrected chi connectivity index (χ2v) is 7.15. The first-order valence-corrected chi connectivity index (χ1v) is 9.84. The Kier molecular flexibility index (Phi) is 5.44. The zero-order valence-electron chi connectivity index (χ0n) is 17.2. The normalized spacial score (nSPS) is 14.4. The van der Waals surface area contributed by atoms with Crippen LogP contribution in [0.25, 0.3) is 0 Å². The molecule has 170 valence electrons. The number of carbonyl (C=O) groups is 2. The number of phenols is 1. The van der Waals surface area contributed by atoms with Gasteiger partial charge in [-0.3, -0.25) is 9.80 Å². The lowest BCUT2D eigenvalue weighted by Gasteiger charge is -2.27. The molecule has 0 radical (unpaired) electrons. The van der Waals surface area contributed by atoms with Crippen LogP contribution in [0.15, 0.2) is 66.7 Å². The third-order valence-electron chi connectivity index (χ3n) is 5.16. The molecule has 0 saturated carbocycles. The number of anilines is 4. The molecule has 0 aliphatic carbocycles. The lowest BCUT2D eigenvalue weighted by atomic mass is 10.1. The number of phenolic OH excluding ortho intramolecular Hbond substituents is 1. The van der Waals surface area contributed by atoms with E-state index in [0.717, 1.165) is 40.1 Å². The maximum absolute atomic E-state index is 14.1. The molecule has 3 aromatic rings. The number of halogens is 4. The van der Waals surface area contributed by atoms with Crippen molar-refractivity contribution in [2.75, 3.05) is 21.2 Å². The highest BCUT2D eigenvalue weighted by Gasteiger charge is 2.41. The first-order chi connectivity index (χ1) is 15.6. The number of urea groups is 2. The Morgan fingerprint density at radius 2 is 1.52 bits per heavy atom. The fourth-order valence-electron chi connectivity index (χ4n) is 3.60. The summed E-state index contributed by atoms with van der Waals surface area (Å²) in [4.78, 5) is 29.8. The molecule has 0 fully saturated rings. The van der Waals surface area contributed by atoms with Gasteiger partial charge in [-0.1, -0.05) is 18.2 Å². The van der Waals surface area contributed by atoms with Crippen molar-refractivity contribution >= 4 is 34.8 Å². The smallest absolute Gasteiger partial charge is 0.416 e. The summed E-state index contributed by atoms with van der Waals surface area (Å²) in [5, 5.41) is 9.52. The van der Waals surface area contributed by atoms with Gasteiger partial charge in [-0.05, 0) is 49.4 Å². The van der Waals surface area contributed by atoms with Crippen LogP contribution >= 0.6 is 0 Å². The standard InChI is InChI=1S/C23H17F4N3O3/c1-2-28-18-10-8-14(23(25,26)27)12-19(18)29(15-6-4-3-5-7-15)22(33)30(21(28)32)16-9-11-20(31)17(24)13-16/h3-13,31H,2H2,1H3. The lowest BCUT2D eigenvalue weighted by molar-refractivity contribution is -0.137. The largest absolute Gasteiger partial charge is 0.505 e. The molecule has 0 bridgehead atoms. The van der Waals surface area contributed by atoms with Gasteiger partial charge in [-0.2, -0.15) is 13.2 Å². The first kappa shape index (κ1) is 22.1. The zero-order valence-corrected chi connectivity index (χ0v) is 17.2. The van der Waals surface area contributed by atoms with Crippen LogP contribution in [0.4, 0.5) is 49.9 Å². The highest BCUT2D eigenvalue weighted by molar-refractivity contribution is 6.28. The fraction of sp³-hybridized carbons (Fsp3) is 0.130. The van der Waals surface area contributed by atoms with E-state index < -0.39 is 35.4 Å². The average Bonchev–Trinajstić information content (AvgIpc) is 2.86. The van der Waals surface area contributed by atoms with E-state index >= 15 is 0 Å². The van der Waals surface area contributed by atoms with E-state index in [0.29, 0.717) is 4.90 Å². The third kappa shape index (κ3) is 3.84. The number of nitrogens with zero attached hydrogens (tertiary/aromatic N) is 3. The number of amides is 4. The van der Waals surface area contributed by atoms with E-state index in [-0.39, 0.29) is 29.3 Å². The van der Waals surface area contributed by atoms with Gasteiger partial charge in [0.1, 0.15) is 0 Å². The third-order valence-corrected chi connectivity index (χ3v) is 5.16. The minimum Gasteiger partial charge on any atom is -0.505 e. The number of benzene rings is 3. The van der Waals surface area contributed by atoms with E-state index in [2.05, 4.69) is 0 Å². The van der Waals surface area contributed by atoms with E-state index in [1.54, 1.807) is 25.1 Å². The van der Waals surface area contributed by atoms with Gasteiger partial charge in [0.25, 0.3) is 0 Å². The van der Waals surface area contributed by atoms with E-state index in [4.69, 9.17) is 0 Å². The Hall–Kier alpha value is -4.08. The van der Waals surface area contributed by atoms with Gasteiger partial charge in [0.15, 0.2) is 11.6 Å². The molecule has 0 spiro atoms. The maximum Gasteiger partial charge on any atom is 0.416 e. The van der Waals surface area contributed by atoms with E-state index in [9.17, 15) is 32.3 Å². The summed E-state index contributed by atoms with van der Waals surface area (Å²) in [7, 11) is 0. The number of hydrogen-bond acceptors (Lipinski definition) is 3. The summed E-state index contributed by atoms with van der Waals surface area (Å²) in [5.41, 5.74) is -1.06. The number of aromatic hydroxyl groups is 1. The van der Waals surface area contributed by atoms with Crippen molar-refractivity contribution in [3.05, 3.63) is 78.1 Å². The number of rotatable bonds is 3. The summed E-state index contributed by atoms with van der Waals surface area (Å²) in [6.07, 6.45) is -4.69. The van der Waals surface area contributed by atoms with Crippen LogP contribution in [-0.2, 0) is 6.18 Å². The Morgan fingerprint density at radius 3 is 2.12 bits per heavy atom. The summed E-state index contributed by atoms with van der Waals surface area (Å²) in [6, 6.07) is 11.7. The topological polar surface area (TPSA) is 64.1 Å². The van der Waals surface area contributed by atoms with Crippen LogP contribution in [0.1, 0.15) is 12.5 Å². The molecule has 6 nitrogen and oxygen atoms in total. The van der Waals surface area contributed by atoms with Gasteiger partial charge < -0.3 is 5.11 Å². The number of alkyl halides is 3. The zero-order chi connectivity index (χ0) is 23.9. The molecule has 0 aromatic heterocycles. The highest BCUT2D eigenvalue weighted by atomic mass is 19.4. The van der Waals surface area contributed by atoms with E-state index in [1.807, 2.05) is 0 Å². The van der Waals surface area contributed by atoms with Crippen LogP contribution in [0.2, 0.25) is 0 Å². The van der Waals surface area contributed by atoms with Gasteiger partial charge in [0, 0.05) is 12.6 Å². The summed E-state index contributed by atoms with van der Waals surface area (Å²) in [5.74, 6) is -1.75. The van der Waals surface area contributed by atoms with Gasteiger partial charge in [0.2, 0.25) is 0 Å². The number of fused-ring (bicyclic) bond motifs is 1. The average molecular weight is 459 g/mol. The van der Waals surface area contributed by atoms with Crippen molar-refractivity contribution in [1.29, 1.82) is 0 Å². The number of carbonyl (C=O) groups excluding carboxylic acids is 2. The van der Waals surface area contributed by atoms with Crippen LogP contribution in [-0.4, -0.2) is 23.7 Å². The van der Waals surface area contributed by atoms with Crippen LogP contribution in [0.5, 0.6) is 5.75 Å². The molecular formula is C23H17F4N3O3. The minimum absolute atomic E-state index is 0.0180. The summed E-state index contributed by atoms with van der Waals surface area (Å²) >= 11 is 0. The molecule has 4 amide bonds. The van der Waals surface area contributed by atoms with Gasteiger partial charge in [0.05, 0.1) is 28.3 Å². The highest BCUT2D eigenvalue weighted by Crippen LogP contribution is 2.43. The van der Waals surface area contributed by atoms with Gasteiger partial charge >= 0.3 is 18.2 Å². The Balaban J connectivity index is 2.00. The molecule has 1 aliphatic rings. The quantitative estimate of drug-likeness (QED) is 0.469. The van der Waals surface area contributed by atoms with E-state index in [1.165, 1.54) is 18.2 Å². The van der Waals surface area contributed by atoms with Crippen molar-refractivity contribution in [1.82, 2.24) is 0 Å². The number of para-hydroxylation sites is 1. The van der Waals surface area contributed by atoms with Crippen molar-refractivity contribution in [3.63, 3.8) is 0 Å². The maximum atomic E-state index is 14.1. The fourth-order valence-corrected chi connectivity index (χ4v) is 3.60. The number of hydrogen-bond donors (Lipinski definition) is 1. The molecule has 4 rings (SSSR count). The van der Waals surface area contributed by atoms with Crippen molar-refractivity contribution < 1.29 is 32.3 Å². The molecule has 33 heavy (non-hydrogen) atoms. The lowest BCUT2D eigenvalue weighted by Crippen LogP contribution is -2.48. The molecule has 0 atom stereocenters. The number of imide groups is 1. The molecule has 1 heterocycles. The van der Waals surface area contributed by atoms with Crippen molar-refractivity contribution in [3.8, 4) is 5.75 Å². The Bertz CT molecular complexity index is 1230. The molecule has 1 aliphatic heterocycles. The first-order valence-electron chi connectivity index (χ1n) is 9.84. The predicted octanol–water partition coefficient (Wildman–Crippen LogP) is 6.27. The van der Waals surface area contributed by atoms with Crippen LogP contribution < -0.4 is 14.7 Å². The van der Waals surface area contributed by atoms with Gasteiger partial charge in [-0.25, -0.2) is 18.9 Å². The minimum atomic E-state index is -4.69. The molecule has 1 N–H and O–H groups in total. The molecular weight excluding hydrogens is 442 g/mol. The van der Waals surface area contributed by atoms with Crippen LogP contribution in [0, 0.1) is 5.82 Å². The second kappa shape index (κ2) is 8.12. The molecule has 3 aromatic carbocycles. The van der Waals surface area contributed by atoms with Crippen molar-refractivity contribution in [2.24, 2.45) is 0 Å². The predicted molar refractivity (Wildman–Crippen MR) is 114 cm³/mol. The molecule has 0 saturated heterocycles. The molecule has 10 heteroatoms. The van der Waals surface area contributed by atoms with Crippen LogP contribution in [0.3, 0.4) is 0 Å². The Labute approximate surface area is 185 Å². The van der Waals surface area contributed by atoms with Gasteiger partial charge in [-0.15, -0.1) is 0 Å². The molecule has 0 unspecified atom stereocenters. The summed E-state index contributed by atoms with van der Waals surface area (Å²) < 4.78 is 54.6. The second-order valence-electron chi connectivity index (χ2n) is 7.15. The SMILES string of the molecule is CCN1C(=O)N(c2ccc(O)c(F)c2)C(=O)N(c2ccccc2)c2cc(C(F)(F)F)ccc21. The van der Waals surface area contributed by atoms with Crippen molar-refractivity contribution in [2.45, 2.75) is 13.1 Å². The summed E-state index contributed by atoms with van der Waals surface area (Å²) in [6.45, 7) is 1.61.